The van der Waals surface area contributed by atoms with Crippen LogP contribution in [0.5, 0.6) is 0 Å². The second-order valence-electron chi connectivity index (χ2n) is 4.45. The average molecular weight is 312 g/mol. The highest BCUT2D eigenvalue weighted by Gasteiger charge is 2.34. The lowest BCUT2D eigenvalue weighted by atomic mass is 9.91. The Hall–Kier alpha value is -2.22. The number of thiocarbonyl (C=S) groups is 1. The molecule has 0 aliphatic heterocycles. The topological polar surface area (TPSA) is 103 Å². The van der Waals surface area contributed by atoms with Gasteiger partial charge in [-0.05, 0) is 37.7 Å². The molecule has 0 saturated heterocycles. The summed E-state index contributed by atoms with van der Waals surface area (Å²) < 4.78 is 18.2. The number of hydrogen-bond donors (Lipinski definition) is 3. The smallest absolute Gasteiger partial charge is 0.405 e. The summed E-state index contributed by atoms with van der Waals surface area (Å²) in [5.41, 5.74) is 12.7. The number of carbonyl (C=O) groups is 1. The van der Waals surface area contributed by atoms with Gasteiger partial charge >= 0.3 is 6.09 Å². The molecule has 1 rings (SSSR count). The molecule has 1 aromatic carbocycles. The molecule has 0 heterocycles. The summed E-state index contributed by atoms with van der Waals surface area (Å²) in [5, 5.41) is 4.02. The third kappa shape index (κ3) is 4.67. The van der Waals surface area contributed by atoms with Crippen LogP contribution in [0.15, 0.2) is 29.4 Å². The van der Waals surface area contributed by atoms with Crippen LogP contribution in [-0.4, -0.2) is 22.5 Å². The highest BCUT2D eigenvalue weighted by molar-refractivity contribution is 7.80. The third-order valence-corrected chi connectivity index (χ3v) is 2.99. The molecule has 0 fully saturated rings. The Morgan fingerprint density at radius 3 is 2.43 bits per heavy atom. The van der Waals surface area contributed by atoms with E-state index < -0.39 is 17.5 Å². The average Bonchev–Trinajstić information content (AvgIpc) is 2.39. The van der Waals surface area contributed by atoms with Crippen LogP contribution in [0.1, 0.15) is 25.8 Å². The van der Waals surface area contributed by atoms with Crippen molar-refractivity contribution in [3.8, 4) is 0 Å². The zero-order valence-corrected chi connectivity index (χ0v) is 12.5. The Kier molecular flexibility index (Phi) is 5.60. The van der Waals surface area contributed by atoms with Crippen LogP contribution in [0.25, 0.3) is 0 Å². The molecule has 0 aliphatic rings. The van der Waals surface area contributed by atoms with Gasteiger partial charge in [0.15, 0.2) is 10.7 Å². The fourth-order valence-electron chi connectivity index (χ4n) is 1.72. The summed E-state index contributed by atoms with van der Waals surface area (Å²) in [5.74, 6) is -0.394. The minimum atomic E-state index is -1.11. The molecule has 5 N–H and O–H groups in total. The lowest BCUT2D eigenvalue weighted by Crippen LogP contribution is -2.43. The maximum atomic E-state index is 13.1. The first kappa shape index (κ1) is 16.8. The van der Waals surface area contributed by atoms with Crippen molar-refractivity contribution >= 4 is 29.1 Å². The van der Waals surface area contributed by atoms with Gasteiger partial charge in [-0.1, -0.05) is 19.1 Å². The van der Waals surface area contributed by atoms with Crippen LogP contribution in [0.2, 0.25) is 0 Å². The maximum absolute atomic E-state index is 13.1. The summed E-state index contributed by atoms with van der Waals surface area (Å²) in [6, 6.07) is 5.55. The number of nitrogens with one attached hydrogen (secondary N) is 1. The molecule has 0 radical (unpaired) electrons. The third-order valence-electron chi connectivity index (χ3n) is 2.90. The van der Waals surface area contributed by atoms with E-state index in [9.17, 15) is 9.18 Å². The van der Waals surface area contributed by atoms with Crippen molar-refractivity contribution in [2.24, 2.45) is 16.6 Å². The predicted octanol–water partition coefficient (Wildman–Crippen LogP) is 1.63. The second kappa shape index (κ2) is 6.98. The Morgan fingerprint density at radius 2 is 2.00 bits per heavy atom. The maximum Gasteiger partial charge on any atom is 0.405 e. The molecule has 6 nitrogen and oxygen atoms in total. The van der Waals surface area contributed by atoms with Gasteiger partial charge in [0.2, 0.25) is 0 Å². The van der Waals surface area contributed by atoms with Crippen LogP contribution < -0.4 is 16.9 Å². The molecule has 0 aromatic heterocycles. The van der Waals surface area contributed by atoms with E-state index in [0.717, 1.165) is 0 Å². The van der Waals surface area contributed by atoms with E-state index in [2.05, 4.69) is 10.5 Å². The van der Waals surface area contributed by atoms with E-state index in [1.807, 2.05) is 0 Å². The van der Waals surface area contributed by atoms with Crippen molar-refractivity contribution in [3.05, 3.63) is 35.6 Å². The van der Waals surface area contributed by atoms with E-state index >= 15 is 0 Å². The molecule has 8 heteroatoms. The fourth-order valence-corrected chi connectivity index (χ4v) is 1.76. The van der Waals surface area contributed by atoms with Gasteiger partial charge in [-0.15, -0.1) is 0 Å². The molecule has 1 aromatic rings. The van der Waals surface area contributed by atoms with Crippen molar-refractivity contribution in [3.63, 3.8) is 0 Å². The molecular weight excluding hydrogens is 295 g/mol. The summed E-state index contributed by atoms with van der Waals surface area (Å²) in [4.78, 5) is 11.1. The van der Waals surface area contributed by atoms with Crippen molar-refractivity contribution in [1.82, 2.24) is 5.43 Å². The predicted molar refractivity (Wildman–Crippen MR) is 82.2 cm³/mol. The number of nitrogens with zero attached hydrogens (tertiary/aromatic N) is 1. The van der Waals surface area contributed by atoms with Crippen LogP contribution >= 0.6 is 12.2 Å². The molecule has 1 amide bonds. The van der Waals surface area contributed by atoms with Gasteiger partial charge in [-0.2, -0.15) is 5.10 Å². The lowest BCUT2D eigenvalue weighted by Gasteiger charge is -2.29. The number of benzene rings is 1. The van der Waals surface area contributed by atoms with Gasteiger partial charge < -0.3 is 16.2 Å². The zero-order chi connectivity index (χ0) is 16.0. The molecular formula is C13H17FN4O2S. The Bertz CT molecular complexity index is 562. The molecule has 0 bridgehead atoms. The number of primary amides is 1. The monoisotopic (exact) mass is 312 g/mol. The van der Waals surface area contributed by atoms with Gasteiger partial charge in [-0.25, -0.2) is 9.18 Å². The molecule has 21 heavy (non-hydrogen) atoms. The molecule has 1 atom stereocenters. The summed E-state index contributed by atoms with van der Waals surface area (Å²) in [6.07, 6.45) is -0.546. The van der Waals surface area contributed by atoms with E-state index in [4.69, 9.17) is 28.4 Å². The number of hydrazone groups is 1. The van der Waals surface area contributed by atoms with E-state index in [-0.39, 0.29) is 5.11 Å². The Morgan fingerprint density at radius 1 is 1.43 bits per heavy atom. The van der Waals surface area contributed by atoms with Gasteiger partial charge in [0.25, 0.3) is 0 Å². The van der Waals surface area contributed by atoms with E-state index in [1.54, 1.807) is 13.8 Å². The number of nitrogens with two attached hydrogens (primary N) is 2. The SMILES string of the molecule is CCC(C)(OC(N)=O)C(=NNC(N)=S)c1ccc(F)cc1. The van der Waals surface area contributed by atoms with E-state index in [1.165, 1.54) is 24.3 Å². The second-order valence-corrected chi connectivity index (χ2v) is 4.89. The number of ether oxygens (including phenoxy) is 1. The molecule has 0 spiro atoms. The first-order valence-corrected chi connectivity index (χ1v) is 6.57. The number of carbonyl (C=O) groups excluding carboxylic acids is 1. The summed E-state index contributed by atoms with van der Waals surface area (Å²) in [7, 11) is 0. The normalized spacial score (nSPS) is 14.1. The van der Waals surface area contributed by atoms with Gasteiger partial charge in [-0.3, -0.25) is 5.43 Å². The lowest BCUT2D eigenvalue weighted by molar-refractivity contribution is 0.0780. The quantitative estimate of drug-likeness (QED) is 0.435. The standard InChI is InChI=1S/C13H17FN4O2S/c1-3-13(2,20-12(16)19)10(17-18-11(15)21)8-4-6-9(14)7-5-8/h4-7H,3H2,1-2H3,(H2,16,19)(H3,15,18,21). The van der Waals surface area contributed by atoms with Crippen LogP contribution in [0.3, 0.4) is 0 Å². The summed E-state index contributed by atoms with van der Waals surface area (Å²) >= 11 is 4.70. The summed E-state index contributed by atoms with van der Waals surface area (Å²) in [6.45, 7) is 3.43. The van der Waals surface area contributed by atoms with Crippen molar-refractivity contribution < 1.29 is 13.9 Å². The van der Waals surface area contributed by atoms with Crippen LogP contribution in [0.4, 0.5) is 9.18 Å². The largest absolute Gasteiger partial charge is 0.437 e. The van der Waals surface area contributed by atoms with Crippen molar-refractivity contribution in [1.29, 1.82) is 0 Å². The zero-order valence-electron chi connectivity index (χ0n) is 11.7. The highest BCUT2D eigenvalue weighted by atomic mass is 32.1. The number of hydrogen-bond acceptors (Lipinski definition) is 4. The minimum absolute atomic E-state index is 0.0489. The van der Waals surface area contributed by atoms with Gasteiger partial charge in [0, 0.05) is 5.56 Å². The molecule has 114 valence electrons. The molecule has 0 aliphatic carbocycles. The van der Waals surface area contributed by atoms with Gasteiger partial charge in [0.05, 0.1) is 0 Å². The Labute approximate surface area is 127 Å². The number of halogens is 1. The number of rotatable bonds is 5. The fraction of sp³-hybridized carbons (Fsp3) is 0.308. The molecule has 0 saturated carbocycles. The van der Waals surface area contributed by atoms with E-state index in [0.29, 0.717) is 17.7 Å². The van der Waals surface area contributed by atoms with Crippen LogP contribution in [0, 0.1) is 5.82 Å². The first-order chi connectivity index (χ1) is 9.78. The highest BCUT2D eigenvalue weighted by Crippen LogP contribution is 2.23. The Balaban J connectivity index is 3.29. The minimum Gasteiger partial charge on any atom is -0.437 e. The van der Waals surface area contributed by atoms with Crippen molar-refractivity contribution in [2.45, 2.75) is 25.9 Å². The van der Waals surface area contributed by atoms with Crippen molar-refractivity contribution in [2.75, 3.05) is 0 Å². The van der Waals surface area contributed by atoms with Crippen LogP contribution in [-0.2, 0) is 4.74 Å². The molecule has 1 unspecified atom stereocenters. The van der Waals surface area contributed by atoms with Gasteiger partial charge in [0.1, 0.15) is 11.5 Å². The number of amides is 1. The first-order valence-electron chi connectivity index (χ1n) is 6.16.